The Morgan fingerprint density at radius 3 is 2.76 bits per heavy atom. The lowest BCUT2D eigenvalue weighted by Crippen LogP contribution is -2.28. The van der Waals surface area contributed by atoms with Crippen molar-refractivity contribution in [2.45, 2.75) is 23.9 Å². The van der Waals surface area contributed by atoms with Gasteiger partial charge in [0.15, 0.2) is 5.16 Å². The van der Waals surface area contributed by atoms with Gasteiger partial charge in [-0.3, -0.25) is 14.2 Å². The van der Waals surface area contributed by atoms with Gasteiger partial charge in [0.1, 0.15) is 5.75 Å². The van der Waals surface area contributed by atoms with Gasteiger partial charge in [-0.05, 0) is 31.2 Å². The maximum absolute atomic E-state index is 12.9. The van der Waals surface area contributed by atoms with Gasteiger partial charge >= 0.3 is 0 Å². The number of carbonyl (C=O) groups excluding carboxylic acids is 1. The number of para-hydroxylation sites is 1. The van der Waals surface area contributed by atoms with E-state index >= 15 is 0 Å². The lowest BCUT2D eigenvalue weighted by Gasteiger charge is -2.16. The van der Waals surface area contributed by atoms with Crippen LogP contribution < -0.4 is 15.6 Å². The van der Waals surface area contributed by atoms with E-state index in [1.165, 1.54) is 11.8 Å². The Kier molecular flexibility index (Phi) is 6.90. The molecule has 0 aliphatic heterocycles. The predicted octanol–water partition coefficient (Wildman–Crippen LogP) is 3.17. The minimum atomic E-state index is -0.469. The molecule has 8 heteroatoms. The van der Waals surface area contributed by atoms with Crippen molar-refractivity contribution in [2.75, 3.05) is 26.1 Å². The number of rotatable bonds is 8. The summed E-state index contributed by atoms with van der Waals surface area (Å²) in [5, 5.41) is 3.43. The molecule has 7 nitrogen and oxygen atoms in total. The Morgan fingerprint density at radius 1 is 1.21 bits per heavy atom. The summed E-state index contributed by atoms with van der Waals surface area (Å²) in [6.45, 7) is 2.51. The highest BCUT2D eigenvalue weighted by molar-refractivity contribution is 8.00. The lowest BCUT2D eigenvalue weighted by atomic mass is 10.2. The summed E-state index contributed by atoms with van der Waals surface area (Å²) in [4.78, 5) is 30.2. The van der Waals surface area contributed by atoms with Gasteiger partial charge in [-0.1, -0.05) is 30.0 Å². The summed E-state index contributed by atoms with van der Waals surface area (Å²) < 4.78 is 11.9. The number of hydrogen-bond donors (Lipinski definition) is 1. The minimum absolute atomic E-state index is 0.143. The van der Waals surface area contributed by atoms with Crippen LogP contribution in [0.5, 0.6) is 5.75 Å². The molecule has 3 aromatic rings. The average molecular weight is 413 g/mol. The van der Waals surface area contributed by atoms with Gasteiger partial charge in [0.2, 0.25) is 5.91 Å². The Morgan fingerprint density at radius 2 is 2.00 bits per heavy atom. The number of fused-ring (bicyclic) bond motifs is 1. The van der Waals surface area contributed by atoms with Crippen LogP contribution in [0.3, 0.4) is 0 Å². The van der Waals surface area contributed by atoms with Crippen LogP contribution >= 0.6 is 11.8 Å². The van der Waals surface area contributed by atoms with Gasteiger partial charge in [0.25, 0.3) is 5.56 Å². The van der Waals surface area contributed by atoms with Crippen molar-refractivity contribution in [3.63, 3.8) is 0 Å². The van der Waals surface area contributed by atoms with Crippen LogP contribution in [0, 0.1) is 0 Å². The van der Waals surface area contributed by atoms with Crippen LogP contribution in [0.15, 0.2) is 58.5 Å². The first-order valence-corrected chi connectivity index (χ1v) is 10.0. The number of carbonyl (C=O) groups is 1. The number of hydrogen-bond acceptors (Lipinski definition) is 6. The summed E-state index contributed by atoms with van der Waals surface area (Å²) in [5.74, 6) is 0.469. The van der Waals surface area contributed by atoms with E-state index in [-0.39, 0.29) is 11.5 Å². The summed E-state index contributed by atoms with van der Waals surface area (Å²) in [7, 11) is 3.15. The second-order valence-corrected chi connectivity index (χ2v) is 7.65. The van der Waals surface area contributed by atoms with Crippen molar-refractivity contribution in [1.29, 1.82) is 0 Å². The summed E-state index contributed by atoms with van der Waals surface area (Å²) in [6.07, 6.45) is 0. The van der Waals surface area contributed by atoms with E-state index in [1.54, 1.807) is 62.1 Å². The third-order valence-electron chi connectivity index (χ3n) is 4.33. The zero-order valence-corrected chi connectivity index (χ0v) is 17.4. The smallest absolute Gasteiger partial charge is 0.262 e. The molecule has 1 aromatic heterocycles. The maximum Gasteiger partial charge on any atom is 0.262 e. The molecule has 0 aliphatic rings. The fraction of sp³-hybridized carbons (Fsp3) is 0.286. The highest BCUT2D eigenvalue weighted by Crippen LogP contribution is 2.24. The van der Waals surface area contributed by atoms with Gasteiger partial charge in [0.05, 0.1) is 36.4 Å². The number of benzene rings is 2. The number of ether oxygens (including phenoxy) is 2. The van der Waals surface area contributed by atoms with Crippen molar-refractivity contribution in [3.05, 3.63) is 58.9 Å². The fourth-order valence-electron chi connectivity index (χ4n) is 2.77. The van der Waals surface area contributed by atoms with Crippen molar-refractivity contribution in [1.82, 2.24) is 9.55 Å². The Labute approximate surface area is 173 Å². The average Bonchev–Trinajstić information content (AvgIpc) is 2.73. The predicted molar refractivity (Wildman–Crippen MR) is 115 cm³/mol. The van der Waals surface area contributed by atoms with Gasteiger partial charge in [-0.15, -0.1) is 0 Å². The Hall–Kier alpha value is -2.84. The summed E-state index contributed by atoms with van der Waals surface area (Å²) in [6, 6.07) is 14.3. The van der Waals surface area contributed by atoms with Crippen LogP contribution in [0.2, 0.25) is 0 Å². The molecule has 1 heterocycles. The second-order valence-electron chi connectivity index (χ2n) is 6.34. The van der Waals surface area contributed by atoms with Crippen molar-refractivity contribution >= 4 is 34.3 Å². The minimum Gasteiger partial charge on any atom is -0.497 e. The molecule has 0 saturated heterocycles. The number of nitrogens with one attached hydrogen (secondary N) is 1. The summed E-state index contributed by atoms with van der Waals surface area (Å²) in [5.41, 5.74) is 1.11. The number of thioether (sulfide) groups is 1. The van der Waals surface area contributed by atoms with Gasteiger partial charge in [-0.25, -0.2) is 4.98 Å². The molecule has 1 N–H and O–H groups in total. The quantitative estimate of drug-likeness (QED) is 0.451. The Bertz CT molecular complexity index is 1070. The van der Waals surface area contributed by atoms with Gasteiger partial charge in [0, 0.05) is 18.9 Å². The molecule has 0 radical (unpaired) electrons. The van der Waals surface area contributed by atoms with Gasteiger partial charge < -0.3 is 14.8 Å². The van der Waals surface area contributed by atoms with E-state index < -0.39 is 5.25 Å². The van der Waals surface area contributed by atoms with E-state index in [0.29, 0.717) is 40.6 Å². The molecule has 2 aromatic carbocycles. The maximum atomic E-state index is 12.9. The number of nitrogens with zero attached hydrogens (tertiary/aromatic N) is 2. The molecule has 1 amide bonds. The first-order valence-electron chi connectivity index (χ1n) is 9.13. The molecule has 1 atom stereocenters. The highest BCUT2D eigenvalue weighted by Gasteiger charge is 2.19. The standard InChI is InChI=1S/C21H23N3O4S/c1-14(19(25)22-15-7-6-8-16(13-15)28-3)29-21-23-18-10-5-4-9-17(18)20(26)24(21)11-12-27-2/h4-10,13-14H,11-12H2,1-3H3,(H,22,25)/t14-/m0/s1. The normalized spacial score (nSPS) is 12.0. The Balaban J connectivity index is 1.85. The van der Waals surface area contributed by atoms with E-state index in [2.05, 4.69) is 10.3 Å². The van der Waals surface area contributed by atoms with Crippen LogP contribution in [0.1, 0.15) is 6.92 Å². The second kappa shape index (κ2) is 9.58. The molecule has 0 aliphatic carbocycles. The first kappa shape index (κ1) is 20.9. The molecule has 0 bridgehead atoms. The topological polar surface area (TPSA) is 82.4 Å². The SMILES string of the molecule is COCCn1c(S[C@@H](C)C(=O)Nc2cccc(OC)c2)nc2ccccc2c1=O. The van der Waals surface area contributed by atoms with E-state index in [9.17, 15) is 9.59 Å². The zero-order valence-electron chi connectivity index (χ0n) is 16.5. The van der Waals surface area contributed by atoms with E-state index in [4.69, 9.17) is 9.47 Å². The highest BCUT2D eigenvalue weighted by atomic mass is 32.2. The summed E-state index contributed by atoms with van der Waals surface area (Å²) >= 11 is 1.24. The molecule has 3 rings (SSSR count). The molecule has 0 spiro atoms. The molecule has 0 fully saturated rings. The number of aromatic nitrogens is 2. The molecular weight excluding hydrogens is 390 g/mol. The largest absolute Gasteiger partial charge is 0.497 e. The van der Waals surface area contributed by atoms with E-state index in [1.807, 2.05) is 12.1 Å². The number of anilines is 1. The van der Waals surface area contributed by atoms with Crippen molar-refractivity contribution in [3.8, 4) is 5.75 Å². The molecule has 0 unspecified atom stereocenters. The first-order chi connectivity index (χ1) is 14.0. The van der Waals surface area contributed by atoms with E-state index in [0.717, 1.165) is 0 Å². The van der Waals surface area contributed by atoms with Crippen LogP contribution in [0.25, 0.3) is 10.9 Å². The van der Waals surface area contributed by atoms with Crippen molar-refractivity contribution in [2.24, 2.45) is 0 Å². The zero-order chi connectivity index (χ0) is 20.8. The third-order valence-corrected chi connectivity index (χ3v) is 5.42. The van der Waals surface area contributed by atoms with Crippen LogP contribution in [-0.4, -0.2) is 41.5 Å². The van der Waals surface area contributed by atoms with Crippen LogP contribution in [-0.2, 0) is 16.1 Å². The molecule has 152 valence electrons. The van der Waals surface area contributed by atoms with Crippen molar-refractivity contribution < 1.29 is 14.3 Å². The number of methoxy groups -OCH3 is 2. The van der Waals surface area contributed by atoms with Gasteiger partial charge in [-0.2, -0.15) is 0 Å². The molecule has 0 saturated carbocycles. The fourth-order valence-corrected chi connectivity index (χ4v) is 3.71. The van der Waals surface area contributed by atoms with Crippen LogP contribution in [0.4, 0.5) is 5.69 Å². The monoisotopic (exact) mass is 413 g/mol. The molecular formula is C21H23N3O4S. The lowest BCUT2D eigenvalue weighted by molar-refractivity contribution is -0.115. The third kappa shape index (κ3) is 4.96. The molecule has 29 heavy (non-hydrogen) atoms. The number of amides is 1.